The molecule has 0 saturated carbocycles. The molecule has 3 nitrogen and oxygen atoms in total. The van der Waals surface area contributed by atoms with Gasteiger partial charge in [-0.1, -0.05) is 0 Å². The van der Waals surface area contributed by atoms with E-state index in [1.807, 2.05) is 6.92 Å². The first-order valence-electron chi connectivity index (χ1n) is 6.56. The van der Waals surface area contributed by atoms with E-state index in [2.05, 4.69) is 22.5 Å². The molecule has 0 unspecified atom stereocenters. The van der Waals surface area contributed by atoms with Gasteiger partial charge in [-0.05, 0) is 32.2 Å². The van der Waals surface area contributed by atoms with Gasteiger partial charge in [0.2, 0.25) is 0 Å². The molecule has 0 aliphatic rings. The number of hydrogen-bond donors (Lipinski definition) is 1. The summed E-state index contributed by atoms with van der Waals surface area (Å²) in [7, 11) is 0. The van der Waals surface area contributed by atoms with Crippen molar-refractivity contribution in [1.29, 1.82) is 0 Å². The van der Waals surface area contributed by atoms with Crippen molar-refractivity contribution in [2.75, 3.05) is 6.61 Å². The first-order valence-corrected chi connectivity index (χ1v) is 8.26. The minimum atomic E-state index is -0.695. The number of thiazole rings is 1. The van der Waals surface area contributed by atoms with Crippen LogP contribution >= 0.6 is 22.7 Å². The average molecular weight is 307 g/mol. The Kier molecular flexibility index (Phi) is 3.44. The highest BCUT2D eigenvalue weighted by molar-refractivity contribution is 7.21. The van der Waals surface area contributed by atoms with E-state index in [0.717, 1.165) is 26.4 Å². The molecule has 0 amide bonds. The van der Waals surface area contributed by atoms with E-state index in [0.29, 0.717) is 13.0 Å². The van der Waals surface area contributed by atoms with E-state index in [4.69, 9.17) is 4.74 Å². The van der Waals surface area contributed by atoms with E-state index < -0.39 is 5.60 Å². The second-order valence-electron chi connectivity index (χ2n) is 5.53. The largest absolute Gasteiger partial charge is 0.493 e. The lowest BCUT2D eigenvalue weighted by atomic mass is 10.1. The maximum absolute atomic E-state index is 9.76. The van der Waals surface area contributed by atoms with Crippen molar-refractivity contribution < 1.29 is 9.84 Å². The second-order valence-corrected chi connectivity index (χ2v) is 7.68. The molecule has 0 aliphatic heterocycles. The van der Waals surface area contributed by atoms with Gasteiger partial charge in [-0.25, -0.2) is 4.98 Å². The molecule has 2 aromatic heterocycles. The van der Waals surface area contributed by atoms with E-state index in [1.54, 1.807) is 36.5 Å². The van der Waals surface area contributed by atoms with Gasteiger partial charge in [-0.15, -0.1) is 22.7 Å². The maximum Gasteiger partial charge on any atom is 0.129 e. The lowest BCUT2D eigenvalue weighted by Crippen LogP contribution is -2.21. The van der Waals surface area contributed by atoms with Gasteiger partial charge in [0, 0.05) is 17.9 Å². The Morgan fingerprint density at radius 3 is 2.95 bits per heavy atom. The maximum atomic E-state index is 9.76. The number of aliphatic hydroxyl groups is 1. The number of fused-ring (bicyclic) bond motifs is 3. The highest BCUT2D eigenvalue weighted by Gasteiger charge is 2.15. The Morgan fingerprint density at radius 1 is 1.40 bits per heavy atom. The zero-order chi connectivity index (χ0) is 14.3. The van der Waals surface area contributed by atoms with Crippen LogP contribution in [0.25, 0.3) is 20.3 Å². The van der Waals surface area contributed by atoms with Crippen LogP contribution in [0, 0.1) is 6.92 Å². The Labute approximate surface area is 125 Å². The fraction of sp³-hybridized carbons (Fsp3) is 0.400. The summed E-state index contributed by atoms with van der Waals surface area (Å²) in [6, 6.07) is 4.15. The normalized spacial score (nSPS) is 12.4. The molecule has 5 heteroatoms. The Hall–Kier alpha value is -1.17. The molecule has 1 N–H and O–H groups in total. The first kappa shape index (κ1) is 13.8. The molecular formula is C15H17NO2S2. The van der Waals surface area contributed by atoms with Gasteiger partial charge < -0.3 is 9.84 Å². The third kappa shape index (κ3) is 2.66. The van der Waals surface area contributed by atoms with Gasteiger partial charge in [0.05, 0.1) is 32.1 Å². The van der Waals surface area contributed by atoms with E-state index in [9.17, 15) is 5.11 Å². The molecule has 3 aromatic rings. The monoisotopic (exact) mass is 307 g/mol. The number of aryl methyl sites for hydroxylation is 1. The summed E-state index contributed by atoms with van der Waals surface area (Å²) in [4.78, 5) is 4.61. The minimum Gasteiger partial charge on any atom is -0.493 e. The van der Waals surface area contributed by atoms with Gasteiger partial charge in [0.25, 0.3) is 0 Å². The first-order chi connectivity index (χ1) is 9.44. The highest BCUT2D eigenvalue weighted by Crippen LogP contribution is 2.38. The standard InChI is InChI=1S/C15H17NO2S2/c1-9-16-13-12(20-9)8-11(10-4-7-19-14(10)13)18-6-5-15(2,3)17/h4,7-8,17H,5-6H2,1-3H3. The van der Waals surface area contributed by atoms with Gasteiger partial charge in [-0.3, -0.25) is 0 Å². The molecule has 2 heterocycles. The summed E-state index contributed by atoms with van der Waals surface area (Å²) >= 11 is 3.39. The molecule has 0 fully saturated rings. The number of hydrogen-bond acceptors (Lipinski definition) is 5. The van der Waals surface area contributed by atoms with Crippen molar-refractivity contribution in [3.05, 3.63) is 22.5 Å². The molecule has 106 valence electrons. The van der Waals surface area contributed by atoms with Crippen molar-refractivity contribution in [2.24, 2.45) is 0 Å². The molecule has 0 radical (unpaired) electrons. The topological polar surface area (TPSA) is 42.4 Å². The van der Waals surface area contributed by atoms with E-state index in [1.165, 1.54) is 4.70 Å². The number of benzene rings is 1. The van der Waals surface area contributed by atoms with Crippen molar-refractivity contribution >= 4 is 43.0 Å². The quantitative estimate of drug-likeness (QED) is 0.778. The van der Waals surface area contributed by atoms with Crippen LogP contribution in [0.2, 0.25) is 0 Å². The average Bonchev–Trinajstić information content (AvgIpc) is 2.92. The van der Waals surface area contributed by atoms with Crippen LogP contribution in [0.1, 0.15) is 25.3 Å². The molecule has 0 atom stereocenters. The molecule has 0 saturated heterocycles. The van der Waals surface area contributed by atoms with E-state index >= 15 is 0 Å². The second kappa shape index (κ2) is 4.98. The number of ether oxygens (including phenoxy) is 1. The lowest BCUT2D eigenvalue weighted by molar-refractivity contribution is 0.0556. The number of thiophene rings is 1. The highest BCUT2D eigenvalue weighted by atomic mass is 32.1. The summed E-state index contributed by atoms with van der Waals surface area (Å²) in [5.41, 5.74) is 0.381. The third-order valence-electron chi connectivity index (χ3n) is 3.14. The SMILES string of the molecule is Cc1nc2c(cc(OCCC(C)(C)O)c3ccsc32)s1. The molecule has 0 bridgehead atoms. The van der Waals surface area contributed by atoms with Gasteiger partial charge in [0.15, 0.2) is 0 Å². The van der Waals surface area contributed by atoms with Crippen molar-refractivity contribution in [2.45, 2.75) is 32.8 Å². The van der Waals surface area contributed by atoms with Crippen LogP contribution in [-0.4, -0.2) is 22.3 Å². The Bertz CT molecular complexity index is 752. The fourth-order valence-corrected chi connectivity index (χ4v) is 3.95. The molecule has 0 spiro atoms. The Balaban J connectivity index is 1.98. The Morgan fingerprint density at radius 2 is 2.20 bits per heavy atom. The summed E-state index contributed by atoms with van der Waals surface area (Å²) in [5.74, 6) is 0.890. The van der Waals surface area contributed by atoms with Crippen LogP contribution in [0.15, 0.2) is 17.5 Å². The van der Waals surface area contributed by atoms with Gasteiger partial charge >= 0.3 is 0 Å². The zero-order valence-electron chi connectivity index (χ0n) is 11.8. The molecule has 0 aliphatic carbocycles. The van der Waals surface area contributed by atoms with Crippen LogP contribution in [0.5, 0.6) is 5.75 Å². The van der Waals surface area contributed by atoms with Crippen molar-refractivity contribution in [3.8, 4) is 5.75 Å². The lowest BCUT2D eigenvalue weighted by Gasteiger charge is -2.17. The minimum absolute atomic E-state index is 0.512. The van der Waals surface area contributed by atoms with Crippen LogP contribution < -0.4 is 4.74 Å². The smallest absolute Gasteiger partial charge is 0.129 e. The third-order valence-corrected chi connectivity index (χ3v) is 4.98. The predicted molar refractivity (Wildman–Crippen MR) is 86.1 cm³/mol. The molecule has 20 heavy (non-hydrogen) atoms. The van der Waals surface area contributed by atoms with Gasteiger partial charge in [-0.2, -0.15) is 0 Å². The zero-order valence-corrected chi connectivity index (χ0v) is 13.4. The predicted octanol–water partition coefficient (Wildman–Crippen LogP) is 4.36. The molecule has 3 rings (SSSR count). The van der Waals surface area contributed by atoms with Crippen LogP contribution in [0.3, 0.4) is 0 Å². The van der Waals surface area contributed by atoms with Crippen molar-refractivity contribution in [1.82, 2.24) is 4.98 Å². The molecular weight excluding hydrogens is 290 g/mol. The molecule has 1 aromatic carbocycles. The number of aromatic nitrogens is 1. The fourth-order valence-electron chi connectivity index (χ4n) is 2.12. The van der Waals surface area contributed by atoms with E-state index in [-0.39, 0.29) is 0 Å². The van der Waals surface area contributed by atoms with Crippen molar-refractivity contribution in [3.63, 3.8) is 0 Å². The van der Waals surface area contributed by atoms with Crippen LogP contribution in [-0.2, 0) is 0 Å². The number of nitrogens with zero attached hydrogens (tertiary/aromatic N) is 1. The summed E-state index contributed by atoms with van der Waals surface area (Å²) in [6.45, 7) is 6.13. The van der Waals surface area contributed by atoms with Gasteiger partial charge in [0.1, 0.15) is 5.75 Å². The summed E-state index contributed by atoms with van der Waals surface area (Å²) in [5, 5.41) is 14.0. The van der Waals surface area contributed by atoms with Crippen LogP contribution in [0.4, 0.5) is 0 Å². The summed E-state index contributed by atoms with van der Waals surface area (Å²) < 4.78 is 8.24. The number of rotatable bonds is 4. The summed E-state index contributed by atoms with van der Waals surface area (Å²) in [6.07, 6.45) is 0.610.